The summed E-state index contributed by atoms with van der Waals surface area (Å²) in [6, 6.07) is 73.0. The Morgan fingerprint density at radius 3 is 1.69 bits per heavy atom. The van der Waals surface area contributed by atoms with Gasteiger partial charge in [-0.25, -0.2) is 4.98 Å². The summed E-state index contributed by atoms with van der Waals surface area (Å²) in [4.78, 5) is 7.32. The summed E-state index contributed by atoms with van der Waals surface area (Å²) in [6.45, 7) is 0. The molecule has 0 saturated carbocycles. The molecule has 0 fully saturated rings. The average molecular weight is 691 g/mol. The van der Waals surface area contributed by atoms with Crippen LogP contribution >= 0.6 is 0 Å². The van der Waals surface area contributed by atoms with E-state index in [0.717, 1.165) is 61.0 Å². The SMILES string of the molecule is c1ccc(-c2ccc(N(c3ccc4cc(-c5cc6oc(-c7ccccc7)nc6c6ccccc56)ccc4c3)c3ccccc3-c3ccccc3)cc2)cc1. The van der Waals surface area contributed by atoms with Gasteiger partial charge in [-0.1, -0.05) is 152 Å². The van der Waals surface area contributed by atoms with Crippen molar-refractivity contribution < 1.29 is 4.42 Å². The van der Waals surface area contributed by atoms with E-state index in [0.29, 0.717) is 5.89 Å². The summed E-state index contributed by atoms with van der Waals surface area (Å²) in [5.41, 5.74) is 12.9. The van der Waals surface area contributed by atoms with Crippen LogP contribution in [0.5, 0.6) is 0 Å². The van der Waals surface area contributed by atoms with Crippen molar-refractivity contribution in [2.45, 2.75) is 0 Å². The molecule has 3 nitrogen and oxygen atoms in total. The molecule has 0 aliphatic rings. The van der Waals surface area contributed by atoms with Crippen molar-refractivity contribution in [3.8, 4) is 44.8 Å². The van der Waals surface area contributed by atoms with Crippen LogP contribution < -0.4 is 4.90 Å². The molecule has 9 aromatic carbocycles. The van der Waals surface area contributed by atoms with Crippen LogP contribution in [-0.4, -0.2) is 4.98 Å². The molecule has 0 spiro atoms. The van der Waals surface area contributed by atoms with Crippen molar-refractivity contribution in [3.63, 3.8) is 0 Å². The molecule has 1 aromatic heterocycles. The van der Waals surface area contributed by atoms with Gasteiger partial charge in [0.25, 0.3) is 0 Å². The fraction of sp³-hybridized carbons (Fsp3) is 0. The van der Waals surface area contributed by atoms with Crippen LogP contribution in [0.2, 0.25) is 0 Å². The molecule has 0 radical (unpaired) electrons. The Hall–Kier alpha value is -7.23. The molecule has 0 bridgehead atoms. The zero-order chi connectivity index (χ0) is 35.8. The highest BCUT2D eigenvalue weighted by Crippen LogP contribution is 2.43. The first-order valence-corrected chi connectivity index (χ1v) is 18.3. The number of benzene rings is 9. The van der Waals surface area contributed by atoms with E-state index in [1.54, 1.807) is 0 Å². The van der Waals surface area contributed by atoms with Gasteiger partial charge < -0.3 is 9.32 Å². The smallest absolute Gasteiger partial charge is 0.227 e. The highest BCUT2D eigenvalue weighted by molar-refractivity contribution is 6.12. The van der Waals surface area contributed by atoms with E-state index in [-0.39, 0.29) is 0 Å². The predicted molar refractivity (Wildman–Crippen MR) is 225 cm³/mol. The van der Waals surface area contributed by atoms with Crippen molar-refractivity contribution in [1.82, 2.24) is 4.98 Å². The molecule has 1 heterocycles. The fourth-order valence-corrected chi connectivity index (χ4v) is 7.63. The molecule has 0 unspecified atom stereocenters. The van der Waals surface area contributed by atoms with Crippen molar-refractivity contribution in [3.05, 3.63) is 206 Å². The zero-order valence-electron chi connectivity index (χ0n) is 29.4. The number of rotatable bonds is 7. The molecule has 54 heavy (non-hydrogen) atoms. The quantitative estimate of drug-likeness (QED) is 0.167. The standard InChI is InChI=1S/C51H34N2O/c1-4-14-35(15-5-1)36-26-29-42(30-27-36)53(48-23-13-12-20-44(48)37-16-6-2-7-17-37)43-31-28-39-32-41(25-24-40(39)33-43)47-34-49-50(46-22-11-10-21-45(46)47)52-51(54-49)38-18-8-3-9-19-38/h1-34H. The first kappa shape index (κ1) is 31.5. The van der Waals surface area contributed by atoms with E-state index in [4.69, 9.17) is 9.40 Å². The van der Waals surface area contributed by atoms with E-state index >= 15 is 0 Å². The van der Waals surface area contributed by atoms with E-state index < -0.39 is 0 Å². The molecule has 0 aliphatic carbocycles. The maximum absolute atomic E-state index is 6.40. The number of hydrogen-bond donors (Lipinski definition) is 0. The van der Waals surface area contributed by atoms with Gasteiger partial charge in [-0.05, 0) is 98.6 Å². The van der Waals surface area contributed by atoms with E-state index in [2.05, 4.69) is 181 Å². The summed E-state index contributed by atoms with van der Waals surface area (Å²) in [6.07, 6.45) is 0. The van der Waals surface area contributed by atoms with Gasteiger partial charge in [-0.15, -0.1) is 0 Å². The van der Waals surface area contributed by atoms with Gasteiger partial charge in [-0.3, -0.25) is 0 Å². The van der Waals surface area contributed by atoms with Crippen LogP contribution in [0.4, 0.5) is 17.1 Å². The van der Waals surface area contributed by atoms with Gasteiger partial charge in [0.15, 0.2) is 5.58 Å². The van der Waals surface area contributed by atoms with Gasteiger partial charge in [0.05, 0.1) is 5.69 Å². The van der Waals surface area contributed by atoms with Crippen LogP contribution in [0.25, 0.3) is 77.5 Å². The second-order valence-electron chi connectivity index (χ2n) is 13.6. The van der Waals surface area contributed by atoms with Crippen molar-refractivity contribution in [2.24, 2.45) is 0 Å². The number of aromatic nitrogens is 1. The molecular weight excluding hydrogens is 657 g/mol. The summed E-state index contributed by atoms with van der Waals surface area (Å²) >= 11 is 0. The minimum Gasteiger partial charge on any atom is -0.436 e. The van der Waals surface area contributed by atoms with Crippen molar-refractivity contribution in [2.75, 3.05) is 4.90 Å². The molecule has 0 saturated heterocycles. The Balaban J connectivity index is 1.09. The third kappa shape index (κ3) is 5.69. The molecule has 0 amide bonds. The Morgan fingerprint density at radius 2 is 0.926 bits per heavy atom. The lowest BCUT2D eigenvalue weighted by atomic mass is 9.95. The fourth-order valence-electron chi connectivity index (χ4n) is 7.63. The molecule has 254 valence electrons. The lowest BCUT2D eigenvalue weighted by Gasteiger charge is -2.28. The maximum Gasteiger partial charge on any atom is 0.227 e. The second-order valence-corrected chi connectivity index (χ2v) is 13.6. The van der Waals surface area contributed by atoms with Crippen LogP contribution in [0, 0.1) is 0 Å². The Bertz CT molecular complexity index is 2920. The van der Waals surface area contributed by atoms with Gasteiger partial charge >= 0.3 is 0 Å². The largest absolute Gasteiger partial charge is 0.436 e. The zero-order valence-corrected chi connectivity index (χ0v) is 29.4. The number of nitrogens with zero attached hydrogens (tertiary/aromatic N) is 2. The summed E-state index contributed by atoms with van der Waals surface area (Å²) in [5.74, 6) is 0.632. The number of hydrogen-bond acceptors (Lipinski definition) is 3. The highest BCUT2D eigenvalue weighted by atomic mass is 16.3. The number of para-hydroxylation sites is 1. The minimum absolute atomic E-state index is 0.632. The first-order valence-electron chi connectivity index (χ1n) is 18.3. The molecular formula is C51H34N2O. The summed E-state index contributed by atoms with van der Waals surface area (Å²) < 4.78 is 6.40. The van der Waals surface area contributed by atoms with Crippen molar-refractivity contribution in [1.29, 1.82) is 0 Å². The summed E-state index contributed by atoms with van der Waals surface area (Å²) in [5, 5.41) is 4.56. The predicted octanol–water partition coefficient (Wildman–Crippen LogP) is 14.3. The number of oxazole rings is 1. The third-order valence-electron chi connectivity index (χ3n) is 10.3. The number of anilines is 3. The molecule has 10 aromatic rings. The number of fused-ring (bicyclic) bond motifs is 4. The monoisotopic (exact) mass is 690 g/mol. The maximum atomic E-state index is 6.40. The van der Waals surface area contributed by atoms with Gasteiger partial charge in [0.2, 0.25) is 5.89 Å². The Kier molecular flexibility index (Phi) is 7.81. The Labute approximate surface area is 314 Å². The molecule has 10 rings (SSSR count). The van der Waals surface area contributed by atoms with Crippen LogP contribution in [0.3, 0.4) is 0 Å². The lowest BCUT2D eigenvalue weighted by Crippen LogP contribution is -2.11. The second kappa shape index (κ2) is 13.4. The van der Waals surface area contributed by atoms with E-state index in [9.17, 15) is 0 Å². The third-order valence-corrected chi connectivity index (χ3v) is 10.3. The first-order chi connectivity index (χ1) is 26.8. The molecule has 0 atom stereocenters. The van der Waals surface area contributed by atoms with Crippen LogP contribution in [-0.2, 0) is 0 Å². The van der Waals surface area contributed by atoms with Gasteiger partial charge in [0.1, 0.15) is 5.52 Å². The molecule has 3 heteroatoms. The molecule has 0 aliphatic heterocycles. The summed E-state index contributed by atoms with van der Waals surface area (Å²) in [7, 11) is 0. The Morgan fingerprint density at radius 1 is 0.370 bits per heavy atom. The van der Waals surface area contributed by atoms with Gasteiger partial charge in [0, 0.05) is 27.9 Å². The van der Waals surface area contributed by atoms with Crippen LogP contribution in [0.15, 0.2) is 211 Å². The average Bonchev–Trinajstić information content (AvgIpc) is 3.70. The van der Waals surface area contributed by atoms with Crippen molar-refractivity contribution >= 4 is 49.7 Å². The topological polar surface area (TPSA) is 29.3 Å². The van der Waals surface area contributed by atoms with E-state index in [1.165, 1.54) is 27.6 Å². The highest BCUT2D eigenvalue weighted by Gasteiger charge is 2.19. The van der Waals surface area contributed by atoms with Crippen LogP contribution in [0.1, 0.15) is 0 Å². The van der Waals surface area contributed by atoms with Gasteiger partial charge in [-0.2, -0.15) is 0 Å². The minimum atomic E-state index is 0.632. The normalized spacial score (nSPS) is 11.3. The lowest BCUT2D eigenvalue weighted by molar-refractivity contribution is 0.620. The molecule has 0 N–H and O–H groups in total. The van der Waals surface area contributed by atoms with E-state index in [1.807, 2.05) is 30.3 Å².